The molecule has 240 valence electrons. The monoisotopic (exact) mass is 630 g/mol. The molecule has 14 nitrogen and oxygen atoms in total. The van der Waals surface area contributed by atoms with Crippen LogP contribution >= 0.6 is 0 Å². The number of nitro benzene ring substituents is 2. The molecule has 0 aliphatic rings. The third kappa shape index (κ3) is 10.5. The lowest BCUT2D eigenvalue weighted by Gasteiger charge is -2.09. The second-order valence-electron chi connectivity index (χ2n) is 9.03. The zero-order chi connectivity index (χ0) is 33.3. The SMILES string of the molecule is CCOc1ccc(/C=N/Nc2ccc([N+](=O)[O-])cc2)cc1OC.CCOc1ccc(/C=N/Nc2ccc([N+](=O)[O-])cc2)cc1OC. The van der Waals surface area contributed by atoms with Gasteiger partial charge in [0.1, 0.15) is 0 Å². The van der Waals surface area contributed by atoms with E-state index in [1.807, 2.05) is 50.2 Å². The Hall–Kier alpha value is -6.18. The first-order valence-electron chi connectivity index (χ1n) is 14.0. The number of rotatable bonds is 14. The lowest BCUT2D eigenvalue weighted by molar-refractivity contribution is -0.385. The largest absolute Gasteiger partial charge is 0.493 e. The summed E-state index contributed by atoms with van der Waals surface area (Å²) >= 11 is 0. The molecule has 4 aromatic rings. The van der Waals surface area contributed by atoms with E-state index in [1.165, 1.54) is 24.3 Å². The molecule has 0 bridgehead atoms. The highest BCUT2D eigenvalue weighted by Gasteiger charge is 2.06. The minimum atomic E-state index is -0.445. The quantitative estimate of drug-likeness (QED) is 0.0848. The van der Waals surface area contributed by atoms with Gasteiger partial charge >= 0.3 is 0 Å². The van der Waals surface area contributed by atoms with Gasteiger partial charge in [0.25, 0.3) is 11.4 Å². The molecule has 14 heteroatoms. The molecule has 0 aliphatic heterocycles. The van der Waals surface area contributed by atoms with E-state index >= 15 is 0 Å². The van der Waals surface area contributed by atoms with Gasteiger partial charge in [0, 0.05) is 24.3 Å². The molecule has 4 rings (SSSR count). The zero-order valence-electron chi connectivity index (χ0n) is 25.7. The number of anilines is 2. The van der Waals surface area contributed by atoms with Crippen LogP contribution in [-0.4, -0.2) is 49.7 Å². The van der Waals surface area contributed by atoms with Crippen molar-refractivity contribution in [2.75, 3.05) is 38.3 Å². The van der Waals surface area contributed by atoms with E-state index < -0.39 is 9.85 Å². The molecule has 46 heavy (non-hydrogen) atoms. The lowest BCUT2D eigenvalue weighted by Crippen LogP contribution is -1.97. The molecule has 0 fully saturated rings. The summed E-state index contributed by atoms with van der Waals surface area (Å²) in [6.07, 6.45) is 3.25. The van der Waals surface area contributed by atoms with Crippen molar-refractivity contribution in [3.8, 4) is 23.0 Å². The fourth-order valence-corrected chi connectivity index (χ4v) is 3.76. The minimum Gasteiger partial charge on any atom is -0.493 e. The predicted octanol–water partition coefficient (Wildman–Crippen LogP) is 6.90. The van der Waals surface area contributed by atoms with E-state index in [0.717, 1.165) is 11.1 Å². The average Bonchev–Trinajstić information content (AvgIpc) is 3.07. The van der Waals surface area contributed by atoms with Gasteiger partial charge in [-0.1, -0.05) is 0 Å². The Morgan fingerprint density at radius 1 is 0.609 bits per heavy atom. The molecular weight excluding hydrogens is 596 g/mol. The van der Waals surface area contributed by atoms with Gasteiger partial charge < -0.3 is 18.9 Å². The van der Waals surface area contributed by atoms with E-state index in [2.05, 4.69) is 21.1 Å². The molecule has 0 unspecified atom stereocenters. The van der Waals surface area contributed by atoms with Crippen LogP contribution < -0.4 is 29.8 Å². The molecule has 0 heterocycles. The van der Waals surface area contributed by atoms with Crippen molar-refractivity contribution in [2.24, 2.45) is 10.2 Å². The van der Waals surface area contributed by atoms with Crippen molar-refractivity contribution in [3.63, 3.8) is 0 Å². The van der Waals surface area contributed by atoms with Gasteiger partial charge in [-0.25, -0.2) is 0 Å². The van der Waals surface area contributed by atoms with E-state index in [1.54, 1.807) is 50.9 Å². The van der Waals surface area contributed by atoms with Crippen molar-refractivity contribution < 1.29 is 28.8 Å². The van der Waals surface area contributed by atoms with Crippen LogP contribution in [0.2, 0.25) is 0 Å². The summed E-state index contributed by atoms with van der Waals surface area (Å²) in [5.74, 6) is 2.61. The number of methoxy groups -OCH3 is 2. The smallest absolute Gasteiger partial charge is 0.269 e. The molecule has 0 saturated carbocycles. The molecule has 4 aromatic carbocycles. The van der Waals surface area contributed by atoms with E-state index in [-0.39, 0.29) is 11.4 Å². The van der Waals surface area contributed by atoms with Crippen molar-refractivity contribution in [3.05, 3.63) is 116 Å². The molecule has 0 aromatic heterocycles. The highest BCUT2D eigenvalue weighted by Crippen LogP contribution is 2.28. The van der Waals surface area contributed by atoms with Gasteiger partial charge in [0.15, 0.2) is 23.0 Å². The number of benzene rings is 4. The fourth-order valence-electron chi connectivity index (χ4n) is 3.76. The van der Waals surface area contributed by atoms with Crippen LogP contribution in [-0.2, 0) is 0 Å². The third-order valence-corrected chi connectivity index (χ3v) is 5.95. The van der Waals surface area contributed by atoms with Crippen LogP contribution in [0.5, 0.6) is 23.0 Å². The maximum Gasteiger partial charge on any atom is 0.269 e. The molecule has 2 N–H and O–H groups in total. The molecular formula is C32H34N6O8. The van der Waals surface area contributed by atoms with Crippen LogP contribution in [0.4, 0.5) is 22.7 Å². The first-order valence-corrected chi connectivity index (χ1v) is 14.0. The highest BCUT2D eigenvalue weighted by molar-refractivity contribution is 5.82. The Morgan fingerprint density at radius 3 is 1.28 bits per heavy atom. The maximum atomic E-state index is 10.6. The van der Waals surface area contributed by atoms with Crippen LogP contribution in [0.15, 0.2) is 95.1 Å². The molecule has 0 spiro atoms. The zero-order valence-corrected chi connectivity index (χ0v) is 25.7. The minimum absolute atomic E-state index is 0.0378. The van der Waals surface area contributed by atoms with Crippen LogP contribution in [0.25, 0.3) is 0 Å². The van der Waals surface area contributed by atoms with Gasteiger partial charge in [0.2, 0.25) is 0 Å². The number of hydrogen-bond donors (Lipinski definition) is 2. The van der Waals surface area contributed by atoms with E-state index in [9.17, 15) is 20.2 Å². The Morgan fingerprint density at radius 2 is 0.978 bits per heavy atom. The predicted molar refractivity (Wildman–Crippen MR) is 177 cm³/mol. The van der Waals surface area contributed by atoms with Crippen molar-refractivity contribution in [2.45, 2.75) is 13.8 Å². The fraction of sp³-hybridized carbons (Fsp3) is 0.188. The van der Waals surface area contributed by atoms with Gasteiger partial charge in [0.05, 0.1) is 61.1 Å². The van der Waals surface area contributed by atoms with E-state index in [4.69, 9.17) is 18.9 Å². The van der Waals surface area contributed by atoms with E-state index in [0.29, 0.717) is 47.6 Å². The normalized spacial score (nSPS) is 10.5. The summed E-state index contributed by atoms with van der Waals surface area (Å²) in [7, 11) is 3.15. The maximum absolute atomic E-state index is 10.6. The first kappa shape index (κ1) is 34.3. The summed E-state index contributed by atoms with van der Waals surface area (Å²) in [6, 6.07) is 23.0. The second-order valence-corrected chi connectivity index (χ2v) is 9.03. The topological polar surface area (TPSA) is 172 Å². The summed E-state index contributed by atoms with van der Waals surface area (Å²) in [4.78, 5) is 20.3. The number of hydrazone groups is 2. The molecule has 0 saturated heterocycles. The van der Waals surface area contributed by atoms with Gasteiger partial charge in [-0.15, -0.1) is 0 Å². The van der Waals surface area contributed by atoms with Crippen molar-refractivity contribution in [1.29, 1.82) is 0 Å². The third-order valence-electron chi connectivity index (χ3n) is 5.95. The lowest BCUT2D eigenvalue weighted by atomic mass is 10.2. The number of nitrogens with zero attached hydrogens (tertiary/aromatic N) is 4. The number of ether oxygens (including phenoxy) is 4. The summed E-state index contributed by atoms with van der Waals surface area (Å²) in [5.41, 5.74) is 8.68. The van der Waals surface area contributed by atoms with Crippen LogP contribution in [0, 0.1) is 20.2 Å². The van der Waals surface area contributed by atoms with Crippen LogP contribution in [0.1, 0.15) is 25.0 Å². The van der Waals surface area contributed by atoms with Gasteiger partial charge in [-0.3, -0.25) is 31.1 Å². The van der Waals surface area contributed by atoms with Gasteiger partial charge in [-0.2, -0.15) is 10.2 Å². The first-order chi connectivity index (χ1) is 22.3. The number of non-ortho nitro benzene ring substituents is 2. The summed E-state index contributed by atoms with van der Waals surface area (Å²) in [6.45, 7) is 4.93. The standard InChI is InChI=1S/2C16H17N3O4/c2*1-3-23-15-9-4-12(10-16(15)22-2)11-17-18-13-5-7-14(8-6-13)19(20)21/h2*4-11,18H,3H2,1-2H3/b2*17-11+. The number of hydrogen-bond acceptors (Lipinski definition) is 12. The molecule has 0 radical (unpaired) electrons. The Labute approximate surface area is 265 Å². The number of nitrogens with one attached hydrogen (secondary N) is 2. The van der Waals surface area contributed by atoms with Crippen molar-refractivity contribution in [1.82, 2.24) is 0 Å². The number of nitro groups is 2. The molecule has 0 aliphatic carbocycles. The summed E-state index contributed by atoms with van der Waals surface area (Å²) < 4.78 is 21.4. The summed E-state index contributed by atoms with van der Waals surface area (Å²) in [5, 5.41) is 29.4. The van der Waals surface area contributed by atoms with Crippen molar-refractivity contribution >= 4 is 35.2 Å². The second kappa shape index (κ2) is 17.8. The Bertz CT molecular complexity index is 1520. The molecule has 0 amide bonds. The highest BCUT2D eigenvalue weighted by atomic mass is 16.6. The Kier molecular flexibility index (Phi) is 13.3. The van der Waals surface area contributed by atoms with Crippen LogP contribution in [0.3, 0.4) is 0 Å². The van der Waals surface area contributed by atoms with Gasteiger partial charge in [-0.05, 0) is 85.6 Å². The molecule has 0 atom stereocenters. The average molecular weight is 631 g/mol. The Balaban J connectivity index is 0.000000250.